The molecule has 6 aliphatic rings. The van der Waals surface area contributed by atoms with Crippen LogP contribution in [-0.4, -0.2) is 45.8 Å². The van der Waals surface area contributed by atoms with E-state index in [4.69, 9.17) is 4.74 Å². The Kier molecular flexibility index (Phi) is 5.08. The molecule has 4 heteroatoms. The van der Waals surface area contributed by atoms with Gasteiger partial charge in [0.05, 0.1) is 30.5 Å². The molecule has 35 heavy (non-hydrogen) atoms. The van der Waals surface area contributed by atoms with Crippen molar-refractivity contribution in [1.29, 1.82) is 0 Å². The highest BCUT2D eigenvalue weighted by atomic mass is 16.5. The van der Waals surface area contributed by atoms with E-state index in [1.165, 1.54) is 38.5 Å². The van der Waals surface area contributed by atoms with Crippen molar-refractivity contribution in [2.24, 2.45) is 56.2 Å². The molecule has 200 valence electrons. The van der Waals surface area contributed by atoms with Crippen molar-refractivity contribution in [3.63, 3.8) is 0 Å². The molecule has 0 aromatic rings. The van der Waals surface area contributed by atoms with Gasteiger partial charge >= 0.3 is 0 Å². The van der Waals surface area contributed by atoms with Crippen LogP contribution in [0.2, 0.25) is 0 Å². The van der Waals surface area contributed by atoms with Gasteiger partial charge in [-0.3, -0.25) is 0 Å². The molecule has 6 fully saturated rings. The highest BCUT2D eigenvalue weighted by molar-refractivity contribution is 5.32. The van der Waals surface area contributed by atoms with Gasteiger partial charge in [-0.15, -0.1) is 0 Å². The Bertz CT molecular complexity index is 893. The molecule has 0 radical (unpaired) electrons. The fraction of sp³-hybridized carbons (Fsp3) is 1.00. The van der Waals surface area contributed by atoms with Gasteiger partial charge in [0, 0.05) is 5.41 Å². The van der Waals surface area contributed by atoms with Crippen molar-refractivity contribution in [1.82, 2.24) is 0 Å². The minimum atomic E-state index is -0.522. The molecule has 1 heterocycles. The van der Waals surface area contributed by atoms with Crippen molar-refractivity contribution >= 4 is 0 Å². The summed E-state index contributed by atoms with van der Waals surface area (Å²) in [6.07, 6.45) is 7.55. The lowest BCUT2D eigenvalue weighted by Crippen LogP contribution is -2.59. The summed E-state index contributed by atoms with van der Waals surface area (Å²) < 4.78 is 6.75. The van der Waals surface area contributed by atoms with Crippen molar-refractivity contribution in [2.75, 3.05) is 0 Å². The Balaban J connectivity index is 1.36. The molecule has 13 atom stereocenters. The molecular formula is C31H52O4. The van der Waals surface area contributed by atoms with E-state index in [0.29, 0.717) is 34.5 Å². The van der Waals surface area contributed by atoms with E-state index in [-0.39, 0.29) is 40.0 Å². The number of hydrogen-bond acceptors (Lipinski definition) is 4. The number of aliphatic hydroxyl groups excluding tert-OH is 3. The molecule has 3 N–H and O–H groups in total. The minimum Gasteiger partial charge on any atom is -0.393 e. The van der Waals surface area contributed by atoms with Crippen LogP contribution in [0, 0.1) is 56.2 Å². The molecule has 0 aromatic heterocycles. The fourth-order valence-corrected chi connectivity index (χ4v) is 12.1. The molecule has 0 bridgehead atoms. The third-order valence-corrected chi connectivity index (χ3v) is 14.0. The highest BCUT2D eigenvalue weighted by Crippen LogP contribution is 2.89. The van der Waals surface area contributed by atoms with Gasteiger partial charge in [0.2, 0.25) is 0 Å². The van der Waals surface area contributed by atoms with Crippen LogP contribution in [0.5, 0.6) is 0 Å². The van der Waals surface area contributed by atoms with E-state index >= 15 is 0 Å². The van der Waals surface area contributed by atoms with Crippen LogP contribution in [0.4, 0.5) is 0 Å². The summed E-state index contributed by atoms with van der Waals surface area (Å²) >= 11 is 0. The second kappa shape index (κ2) is 7.07. The normalized spacial score (nSPS) is 59.4. The quantitative estimate of drug-likeness (QED) is 0.451. The van der Waals surface area contributed by atoms with Crippen LogP contribution < -0.4 is 0 Å². The zero-order valence-corrected chi connectivity index (χ0v) is 23.6. The molecule has 1 aliphatic heterocycles. The first-order valence-electron chi connectivity index (χ1n) is 14.8. The maximum Gasteiger partial charge on any atom is 0.0880 e. The van der Waals surface area contributed by atoms with Crippen molar-refractivity contribution in [2.45, 2.75) is 137 Å². The molecular weight excluding hydrogens is 436 g/mol. The molecule has 5 unspecified atom stereocenters. The lowest BCUT2D eigenvalue weighted by atomic mass is 9.41. The van der Waals surface area contributed by atoms with E-state index in [2.05, 4.69) is 55.4 Å². The smallest absolute Gasteiger partial charge is 0.0880 e. The predicted molar refractivity (Wildman–Crippen MR) is 138 cm³/mol. The molecule has 1 saturated heterocycles. The number of aliphatic hydroxyl groups is 3. The van der Waals surface area contributed by atoms with Crippen LogP contribution >= 0.6 is 0 Å². The number of ether oxygens (including phenoxy) is 1. The molecule has 0 aromatic carbocycles. The minimum absolute atomic E-state index is 0.00933. The summed E-state index contributed by atoms with van der Waals surface area (Å²) in [6, 6.07) is 0. The second-order valence-corrected chi connectivity index (χ2v) is 16.4. The lowest BCUT2D eigenvalue weighted by molar-refractivity contribution is -0.189. The molecule has 0 amide bonds. The average molecular weight is 489 g/mol. The van der Waals surface area contributed by atoms with E-state index in [9.17, 15) is 15.3 Å². The Hall–Kier alpha value is -0.160. The van der Waals surface area contributed by atoms with Gasteiger partial charge in [-0.05, 0) is 102 Å². The standard InChI is InChI=1S/C31H52O4/c1-17-15-18(24(33)26(2,3)4)35-23-22(17)28(7)13-14-31-16-30(31)12-11-21(32)27(5,6)19(30)9-10-20(31)29(28,8)25(23)34/h17-25,32-34H,9-16H2,1-8H3/t17?,18?,19-,20-,21-,22?,23?,24+,25-,28+,29+,30+,31?/m0/s1. The predicted octanol–water partition coefficient (Wildman–Crippen LogP) is 5.57. The van der Waals surface area contributed by atoms with Gasteiger partial charge in [-0.2, -0.15) is 0 Å². The molecule has 6 rings (SSSR count). The first-order valence-corrected chi connectivity index (χ1v) is 14.8. The molecule has 4 nitrogen and oxygen atoms in total. The Morgan fingerprint density at radius 2 is 1.51 bits per heavy atom. The maximum atomic E-state index is 12.2. The van der Waals surface area contributed by atoms with E-state index in [1.807, 2.05) is 0 Å². The van der Waals surface area contributed by atoms with Crippen LogP contribution in [0.15, 0.2) is 0 Å². The van der Waals surface area contributed by atoms with Gasteiger partial charge in [-0.1, -0.05) is 55.4 Å². The van der Waals surface area contributed by atoms with Crippen molar-refractivity contribution in [3.8, 4) is 0 Å². The Morgan fingerprint density at radius 1 is 0.886 bits per heavy atom. The number of fused-ring (bicyclic) bond motifs is 4. The van der Waals surface area contributed by atoms with Crippen molar-refractivity contribution < 1.29 is 20.1 Å². The molecule has 5 aliphatic carbocycles. The summed E-state index contributed by atoms with van der Waals surface area (Å²) in [5.74, 6) is 1.91. The first-order chi connectivity index (χ1) is 16.1. The third kappa shape index (κ3) is 2.74. The average Bonchev–Trinajstić information content (AvgIpc) is 3.40. The van der Waals surface area contributed by atoms with Crippen LogP contribution in [0.3, 0.4) is 0 Å². The lowest BCUT2D eigenvalue weighted by Gasteiger charge is -2.63. The van der Waals surface area contributed by atoms with Crippen molar-refractivity contribution in [3.05, 3.63) is 0 Å². The zero-order valence-electron chi connectivity index (χ0n) is 23.6. The zero-order chi connectivity index (χ0) is 25.6. The van der Waals surface area contributed by atoms with Gasteiger partial charge in [0.15, 0.2) is 0 Å². The van der Waals surface area contributed by atoms with Crippen LogP contribution in [0.25, 0.3) is 0 Å². The fourth-order valence-electron chi connectivity index (χ4n) is 12.1. The van der Waals surface area contributed by atoms with Crippen LogP contribution in [0.1, 0.15) is 107 Å². The van der Waals surface area contributed by atoms with E-state index in [0.717, 1.165) is 12.8 Å². The summed E-state index contributed by atoms with van der Waals surface area (Å²) in [6.45, 7) is 18.2. The summed E-state index contributed by atoms with van der Waals surface area (Å²) in [5, 5.41) is 34.3. The third-order valence-electron chi connectivity index (χ3n) is 14.0. The Labute approximate surface area is 213 Å². The highest BCUT2D eigenvalue weighted by Gasteiger charge is 2.84. The van der Waals surface area contributed by atoms with Gasteiger partial charge in [0.25, 0.3) is 0 Å². The maximum absolute atomic E-state index is 12.2. The number of hydrogen-bond donors (Lipinski definition) is 3. The van der Waals surface area contributed by atoms with E-state index in [1.54, 1.807) is 0 Å². The largest absolute Gasteiger partial charge is 0.393 e. The van der Waals surface area contributed by atoms with Gasteiger partial charge in [-0.25, -0.2) is 0 Å². The Morgan fingerprint density at radius 3 is 2.17 bits per heavy atom. The van der Waals surface area contributed by atoms with E-state index < -0.39 is 12.2 Å². The first kappa shape index (κ1) is 25.1. The summed E-state index contributed by atoms with van der Waals surface area (Å²) in [4.78, 5) is 0. The SMILES string of the molecule is CC1CC([C@@H](O)C(C)(C)C)OC2C1[C@@]1(C)CCC34C[C@@]35CC[C@H](O)C(C)(C)[C@@H]5CC[C@H]4[C@]1(C)[C@H]2O. The monoisotopic (exact) mass is 488 g/mol. The van der Waals surface area contributed by atoms with Gasteiger partial charge in [0.1, 0.15) is 0 Å². The molecule has 2 spiro atoms. The summed E-state index contributed by atoms with van der Waals surface area (Å²) in [5.41, 5.74) is 0.361. The summed E-state index contributed by atoms with van der Waals surface area (Å²) in [7, 11) is 0. The van der Waals surface area contributed by atoms with Gasteiger partial charge < -0.3 is 20.1 Å². The number of rotatable bonds is 1. The van der Waals surface area contributed by atoms with Crippen LogP contribution in [-0.2, 0) is 4.74 Å². The second-order valence-electron chi connectivity index (χ2n) is 16.4. The topological polar surface area (TPSA) is 69.9 Å². The molecule has 5 saturated carbocycles.